The smallest absolute Gasteiger partial charge is 0.465 e. The molecule has 0 aromatic carbocycles. The van der Waals surface area contributed by atoms with Crippen LogP contribution in [0.15, 0.2) is 0 Å². The van der Waals surface area contributed by atoms with Gasteiger partial charge in [-0.3, -0.25) is 4.79 Å². The molecule has 0 radical (unpaired) electrons. The fourth-order valence-corrected chi connectivity index (χ4v) is 4.98. The first-order valence-corrected chi connectivity index (χ1v) is 19.3. The van der Waals surface area contributed by atoms with E-state index < -0.39 is 73.6 Å². The van der Waals surface area contributed by atoms with E-state index in [9.17, 15) is 33.6 Å². The van der Waals surface area contributed by atoms with E-state index in [0.29, 0.717) is 31.6 Å². The second-order valence-corrected chi connectivity index (χ2v) is 14.2. The summed E-state index contributed by atoms with van der Waals surface area (Å²) in [5.74, 6) is -0.131. The number of ether oxygens (including phenoxy) is 11. The van der Waals surface area contributed by atoms with Crippen molar-refractivity contribution in [2.75, 3.05) is 52.1 Å². The number of aliphatic hydroxyl groups excluding tert-OH is 4. The molecular formula is C36H59ClO22. The molecule has 23 heteroatoms. The van der Waals surface area contributed by atoms with E-state index in [-0.39, 0.29) is 75.9 Å². The molecule has 2 saturated carbocycles. The molecule has 0 spiro atoms. The van der Waals surface area contributed by atoms with Crippen molar-refractivity contribution in [2.24, 2.45) is 23.7 Å². The van der Waals surface area contributed by atoms with Crippen molar-refractivity contribution in [3.8, 4) is 0 Å². The zero-order valence-corrected chi connectivity index (χ0v) is 35.0. The van der Waals surface area contributed by atoms with E-state index in [1.807, 2.05) is 6.92 Å². The highest BCUT2D eigenvalue weighted by molar-refractivity contribution is 6.18. The molecule has 2 aliphatic carbocycles. The summed E-state index contributed by atoms with van der Waals surface area (Å²) in [7, 11) is 0. The van der Waals surface area contributed by atoms with Crippen molar-refractivity contribution >= 4 is 54.5 Å². The first-order chi connectivity index (χ1) is 27.6. The number of hydrogen-bond acceptors (Lipinski definition) is 22. The molecule has 0 bridgehead atoms. The first kappa shape index (κ1) is 54.6. The Hall–Kier alpha value is -4.38. The molecule has 4 N–H and O–H groups in total. The minimum absolute atomic E-state index is 0.0475. The fraction of sp³-hybridized carbons (Fsp3) is 0.806. The maximum atomic E-state index is 11.8. The number of alkyl halides is 1. The largest absolute Gasteiger partial charge is 0.518 e. The third-order valence-corrected chi connectivity index (χ3v) is 8.00. The predicted molar refractivity (Wildman–Crippen MR) is 198 cm³/mol. The minimum atomic E-state index is -1.27. The van der Waals surface area contributed by atoms with Gasteiger partial charge in [0.1, 0.15) is 45.2 Å². The number of fused-ring (bicyclic) bond motifs is 1. The number of carbonyl (C=O) groups excluding carboxylic acids is 7. The van der Waals surface area contributed by atoms with Crippen molar-refractivity contribution < 1.29 is 106 Å². The lowest BCUT2D eigenvalue weighted by Crippen LogP contribution is -2.28. The van der Waals surface area contributed by atoms with Gasteiger partial charge >= 0.3 is 42.9 Å². The number of carbonyl (C=O) groups is 7. The Morgan fingerprint density at radius 3 is 1.08 bits per heavy atom. The summed E-state index contributed by atoms with van der Waals surface area (Å²) in [5.41, 5.74) is 0. The maximum absolute atomic E-state index is 11.8. The van der Waals surface area contributed by atoms with E-state index in [1.165, 1.54) is 34.6 Å². The summed E-state index contributed by atoms with van der Waals surface area (Å²) in [6.07, 6.45) is -8.62. The SMILES string of the molecule is CC(=O)OCC(C)COC(=O)OCC(C)O.CC(O)COC(=O)OC(=O)OC1CCC2C(OC(=O)OC(=O)OCC(C)O)CCC12.CC(O)COC(=O)OCC(C)CCl. The average Bonchev–Trinajstić information content (AvgIpc) is 3.74. The zero-order valence-electron chi connectivity index (χ0n) is 34.3. The van der Waals surface area contributed by atoms with Gasteiger partial charge in [0, 0.05) is 36.5 Å². The lowest BCUT2D eigenvalue weighted by atomic mass is 9.98. The molecule has 10 unspecified atom stereocenters. The van der Waals surface area contributed by atoms with E-state index in [2.05, 4.69) is 33.2 Å². The number of rotatable bonds is 17. The van der Waals surface area contributed by atoms with Crippen LogP contribution in [0.3, 0.4) is 0 Å². The molecule has 59 heavy (non-hydrogen) atoms. The molecule has 10 atom stereocenters. The molecule has 0 amide bonds. The van der Waals surface area contributed by atoms with Gasteiger partial charge in [0.05, 0.1) is 37.6 Å². The molecule has 2 fully saturated rings. The second-order valence-electron chi connectivity index (χ2n) is 13.9. The van der Waals surface area contributed by atoms with Crippen LogP contribution in [0, 0.1) is 23.7 Å². The highest BCUT2D eigenvalue weighted by Crippen LogP contribution is 2.47. The van der Waals surface area contributed by atoms with Gasteiger partial charge in [-0.2, -0.15) is 0 Å². The average molecular weight is 879 g/mol. The molecule has 0 heterocycles. The summed E-state index contributed by atoms with van der Waals surface area (Å²) in [6, 6.07) is 0. The lowest BCUT2D eigenvalue weighted by Gasteiger charge is -2.20. The maximum Gasteiger partial charge on any atom is 0.518 e. The number of halogens is 1. The van der Waals surface area contributed by atoms with Crippen LogP contribution in [0.25, 0.3) is 0 Å². The van der Waals surface area contributed by atoms with Gasteiger partial charge in [0.2, 0.25) is 0 Å². The molecule has 22 nitrogen and oxygen atoms in total. The quantitative estimate of drug-likeness (QED) is 0.0694. The highest BCUT2D eigenvalue weighted by atomic mass is 35.5. The zero-order chi connectivity index (χ0) is 45.1. The molecule has 342 valence electrons. The van der Waals surface area contributed by atoms with Crippen molar-refractivity contribution in [1.82, 2.24) is 0 Å². The predicted octanol–water partition coefficient (Wildman–Crippen LogP) is 4.00. The Morgan fingerprint density at radius 2 is 0.763 bits per heavy atom. The summed E-state index contributed by atoms with van der Waals surface area (Å²) in [6.45, 7) is 10.5. The van der Waals surface area contributed by atoms with Crippen molar-refractivity contribution in [3.63, 3.8) is 0 Å². The van der Waals surface area contributed by atoms with E-state index >= 15 is 0 Å². The Labute approximate surface area is 346 Å². The van der Waals surface area contributed by atoms with E-state index in [1.54, 1.807) is 6.92 Å². The number of hydrogen-bond donors (Lipinski definition) is 4. The third-order valence-electron chi connectivity index (χ3n) is 7.48. The Morgan fingerprint density at radius 1 is 0.458 bits per heavy atom. The van der Waals surface area contributed by atoms with Crippen LogP contribution < -0.4 is 0 Å². The Bertz CT molecular complexity index is 1220. The second kappa shape index (κ2) is 30.6. The molecular weight excluding hydrogens is 820 g/mol. The van der Waals surface area contributed by atoms with Crippen LogP contribution in [-0.2, 0) is 56.9 Å². The summed E-state index contributed by atoms with van der Waals surface area (Å²) in [4.78, 5) is 78.3. The molecule has 2 rings (SSSR count). The number of aliphatic hydroxyl groups is 4. The first-order valence-electron chi connectivity index (χ1n) is 18.7. The monoisotopic (exact) mass is 878 g/mol. The molecule has 0 aromatic rings. The topological polar surface area (TPSA) is 302 Å². The van der Waals surface area contributed by atoms with Gasteiger partial charge in [-0.15, -0.1) is 11.6 Å². The molecule has 2 aliphatic rings. The van der Waals surface area contributed by atoms with Crippen molar-refractivity contribution in [3.05, 3.63) is 0 Å². The van der Waals surface area contributed by atoms with E-state index in [0.717, 1.165) is 0 Å². The number of esters is 1. The van der Waals surface area contributed by atoms with Crippen LogP contribution in [-0.4, -0.2) is 152 Å². The van der Waals surface area contributed by atoms with Gasteiger partial charge in [-0.05, 0) is 53.4 Å². The van der Waals surface area contributed by atoms with Crippen LogP contribution in [0.2, 0.25) is 0 Å². The lowest BCUT2D eigenvalue weighted by molar-refractivity contribution is -0.142. The normalized spacial score (nSPS) is 20.5. The minimum Gasteiger partial charge on any atom is -0.465 e. The van der Waals surface area contributed by atoms with Crippen molar-refractivity contribution in [1.29, 1.82) is 0 Å². The van der Waals surface area contributed by atoms with Crippen LogP contribution in [0.1, 0.15) is 74.1 Å². The molecule has 0 saturated heterocycles. The Kier molecular flexibility index (Phi) is 28.4. The standard InChI is InChI=1S/C18H26O12.C10H18O6.C8H15ClO4/c1-9(19)7-25-15(21)29-17(23)27-13-5-3-12-11(13)4-6-14(12)28-18(24)30-16(22)26-8-10(2)20;1-7(4-14-9(3)12)5-15-10(13)16-6-8(2)11;1-6(3-9)4-12-8(11)13-5-7(2)10/h9-14,19-20H,3-8H2,1-2H3;7-8,11H,4-6H2,1-3H3;6-7,10H,3-5H2,1-2H3. The van der Waals surface area contributed by atoms with Gasteiger partial charge < -0.3 is 72.5 Å². The molecule has 0 aliphatic heterocycles. The van der Waals surface area contributed by atoms with Gasteiger partial charge in [0.25, 0.3) is 0 Å². The van der Waals surface area contributed by atoms with Gasteiger partial charge in [0.15, 0.2) is 0 Å². The van der Waals surface area contributed by atoms with E-state index in [4.69, 9.17) is 51.0 Å². The van der Waals surface area contributed by atoms with Gasteiger partial charge in [-0.1, -0.05) is 13.8 Å². The third kappa shape index (κ3) is 28.6. The Balaban J connectivity index is 0.000000974. The van der Waals surface area contributed by atoms with Gasteiger partial charge in [-0.25, -0.2) is 28.8 Å². The highest BCUT2D eigenvalue weighted by Gasteiger charge is 2.49. The van der Waals surface area contributed by atoms with Crippen LogP contribution in [0.5, 0.6) is 0 Å². The van der Waals surface area contributed by atoms with Crippen LogP contribution in [0.4, 0.5) is 28.8 Å². The summed E-state index contributed by atoms with van der Waals surface area (Å²) in [5, 5.41) is 35.6. The summed E-state index contributed by atoms with van der Waals surface area (Å²) < 4.78 is 51.4. The van der Waals surface area contributed by atoms with Crippen LogP contribution >= 0.6 is 11.6 Å². The van der Waals surface area contributed by atoms with Crippen molar-refractivity contribution in [2.45, 2.75) is 111 Å². The summed E-state index contributed by atoms with van der Waals surface area (Å²) >= 11 is 5.49. The fourth-order valence-electron chi connectivity index (χ4n) is 4.89. The molecule has 0 aromatic heterocycles.